The van der Waals surface area contributed by atoms with Crippen LogP contribution in [0.25, 0.3) is 0 Å². The molecule has 5 heteroatoms. The van der Waals surface area contributed by atoms with E-state index in [1.54, 1.807) is 66.7 Å². The van der Waals surface area contributed by atoms with Crippen LogP contribution in [0.1, 0.15) is 23.7 Å². The predicted molar refractivity (Wildman–Crippen MR) is 103 cm³/mol. The van der Waals surface area contributed by atoms with Crippen molar-refractivity contribution in [3.63, 3.8) is 0 Å². The standard InChI is InChI=1S/C21H20N2O3/c1-2-21(24)14-11-19(25-17-7-3-15(22)4-8-17)13-20(12-14)26-18-9-5-16(23)6-10-18/h3-13H,2,22-23H2,1H3. The fourth-order valence-electron chi connectivity index (χ4n) is 2.40. The van der Waals surface area contributed by atoms with E-state index in [0.717, 1.165) is 0 Å². The summed E-state index contributed by atoms with van der Waals surface area (Å²) in [7, 11) is 0. The second-order valence-corrected chi connectivity index (χ2v) is 5.81. The molecule has 0 aromatic heterocycles. The largest absolute Gasteiger partial charge is 0.457 e. The molecule has 132 valence electrons. The number of hydrogen-bond acceptors (Lipinski definition) is 5. The van der Waals surface area contributed by atoms with Crippen molar-refractivity contribution in [1.29, 1.82) is 0 Å². The molecule has 26 heavy (non-hydrogen) atoms. The summed E-state index contributed by atoms with van der Waals surface area (Å²) >= 11 is 0. The Morgan fingerprint density at radius 1 is 0.731 bits per heavy atom. The number of hydrogen-bond donors (Lipinski definition) is 2. The minimum absolute atomic E-state index is 0.00918. The summed E-state index contributed by atoms with van der Waals surface area (Å²) in [6.07, 6.45) is 0.395. The average molecular weight is 348 g/mol. The molecule has 0 amide bonds. The number of ether oxygens (including phenoxy) is 2. The second kappa shape index (κ2) is 7.61. The molecular weight excluding hydrogens is 328 g/mol. The quantitative estimate of drug-likeness (QED) is 0.482. The van der Waals surface area contributed by atoms with Gasteiger partial charge in [-0.2, -0.15) is 0 Å². The zero-order chi connectivity index (χ0) is 18.5. The van der Waals surface area contributed by atoms with Crippen molar-refractivity contribution in [3.8, 4) is 23.0 Å². The summed E-state index contributed by atoms with van der Waals surface area (Å²) in [6, 6.07) is 19.2. The Bertz CT molecular complexity index is 838. The molecule has 0 aliphatic rings. The van der Waals surface area contributed by atoms with Gasteiger partial charge >= 0.3 is 0 Å². The van der Waals surface area contributed by atoms with Gasteiger partial charge < -0.3 is 20.9 Å². The van der Waals surface area contributed by atoms with Gasteiger partial charge in [0.15, 0.2) is 5.78 Å². The molecule has 0 unspecified atom stereocenters. The van der Waals surface area contributed by atoms with E-state index < -0.39 is 0 Å². The minimum Gasteiger partial charge on any atom is -0.457 e. The lowest BCUT2D eigenvalue weighted by atomic mass is 10.1. The van der Waals surface area contributed by atoms with Gasteiger partial charge in [0, 0.05) is 29.4 Å². The topological polar surface area (TPSA) is 87.6 Å². The zero-order valence-electron chi connectivity index (χ0n) is 14.4. The molecule has 0 spiro atoms. The fraction of sp³-hybridized carbons (Fsp3) is 0.0952. The van der Waals surface area contributed by atoms with Crippen LogP contribution in [0.5, 0.6) is 23.0 Å². The first-order valence-electron chi connectivity index (χ1n) is 8.28. The number of benzene rings is 3. The van der Waals surface area contributed by atoms with Crippen molar-refractivity contribution in [1.82, 2.24) is 0 Å². The van der Waals surface area contributed by atoms with Gasteiger partial charge in [0.1, 0.15) is 23.0 Å². The molecule has 0 saturated carbocycles. The summed E-state index contributed by atoms with van der Waals surface area (Å²) in [5.74, 6) is 2.28. The van der Waals surface area contributed by atoms with Crippen LogP contribution >= 0.6 is 0 Å². The van der Waals surface area contributed by atoms with Crippen molar-refractivity contribution in [3.05, 3.63) is 72.3 Å². The summed E-state index contributed by atoms with van der Waals surface area (Å²) in [6.45, 7) is 1.82. The Morgan fingerprint density at radius 2 is 1.15 bits per heavy atom. The SMILES string of the molecule is CCC(=O)c1cc(Oc2ccc(N)cc2)cc(Oc2ccc(N)cc2)c1. The highest BCUT2D eigenvalue weighted by Gasteiger charge is 2.10. The van der Waals surface area contributed by atoms with Gasteiger partial charge in [-0.3, -0.25) is 4.79 Å². The van der Waals surface area contributed by atoms with Crippen LogP contribution in [-0.4, -0.2) is 5.78 Å². The number of ketones is 1. The average Bonchev–Trinajstić information content (AvgIpc) is 2.64. The molecule has 3 rings (SSSR count). The lowest BCUT2D eigenvalue weighted by Crippen LogP contribution is -1.98. The molecule has 0 fully saturated rings. The van der Waals surface area contributed by atoms with Gasteiger partial charge in [-0.15, -0.1) is 0 Å². The van der Waals surface area contributed by atoms with E-state index in [9.17, 15) is 4.79 Å². The van der Waals surface area contributed by atoms with Crippen LogP contribution in [0.15, 0.2) is 66.7 Å². The summed E-state index contributed by atoms with van der Waals surface area (Å²) in [5.41, 5.74) is 13.2. The molecule has 3 aromatic rings. The summed E-state index contributed by atoms with van der Waals surface area (Å²) < 4.78 is 11.7. The first-order chi connectivity index (χ1) is 12.5. The van der Waals surface area contributed by atoms with Crippen molar-refractivity contribution < 1.29 is 14.3 Å². The fourth-order valence-corrected chi connectivity index (χ4v) is 2.40. The van der Waals surface area contributed by atoms with Crippen LogP contribution in [0.2, 0.25) is 0 Å². The maximum atomic E-state index is 12.2. The van der Waals surface area contributed by atoms with E-state index in [0.29, 0.717) is 46.4 Å². The van der Waals surface area contributed by atoms with Crippen LogP contribution in [0.3, 0.4) is 0 Å². The smallest absolute Gasteiger partial charge is 0.162 e. The van der Waals surface area contributed by atoms with Crippen LogP contribution < -0.4 is 20.9 Å². The third-order valence-electron chi connectivity index (χ3n) is 3.75. The van der Waals surface area contributed by atoms with E-state index >= 15 is 0 Å². The third-order valence-corrected chi connectivity index (χ3v) is 3.75. The second-order valence-electron chi connectivity index (χ2n) is 5.81. The first kappa shape index (κ1) is 17.4. The van der Waals surface area contributed by atoms with Gasteiger partial charge in [-0.1, -0.05) is 6.92 Å². The molecule has 0 heterocycles. The Morgan fingerprint density at radius 3 is 1.54 bits per heavy atom. The van der Waals surface area contributed by atoms with Crippen molar-refractivity contribution in [2.24, 2.45) is 0 Å². The van der Waals surface area contributed by atoms with E-state index in [1.165, 1.54) is 0 Å². The molecule has 0 aliphatic heterocycles. The molecule has 0 aliphatic carbocycles. The number of Topliss-reactive ketones (excluding diaryl/α,β-unsaturated/α-hetero) is 1. The lowest BCUT2D eigenvalue weighted by Gasteiger charge is -2.12. The maximum absolute atomic E-state index is 12.2. The number of anilines is 2. The summed E-state index contributed by atoms with van der Waals surface area (Å²) in [4.78, 5) is 12.2. The predicted octanol–water partition coefficient (Wildman–Crippen LogP) is 5.03. The number of nitrogens with two attached hydrogens (primary N) is 2. The monoisotopic (exact) mass is 348 g/mol. The van der Waals surface area contributed by atoms with E-state index in [4.69, 9.17) is 20.9 Å². The highest BCUT2D eigenvalue weighted by Crippen LogP contribution is 2.31. The molecule has 0 atom stereocenters. The van der Waals surface area contributed by atoms with Gasteiger partial charge in [-0.05, 0) is 60.7 Å². The molecule has 3 aromatic carbocycles. The number of nitrogen functional groups attached to an aromatic ring is 2. The number of carbonyl (C=O) groups is 1. The molecule has 4 N–H and O–H groups in total. The molecule has 0 radical (unpaired) electrons. The van der Waals surface area contributed by atoms with Crippen molar-refractivity contribution >= 4 is 17.2 Å². The van der Waals surface area contributed by atoms with E-state index in [2.05, 4.69) is 0 Å². The van der Waals surface area contributed by atoms with Gasteiger partial charge in [-0.25, -0.2) is 0 Å². The lowest BCUT2D eigenvalue weighted by molar-refractivity contribution is 0.0987. The van der Waals surface area contributed by atoms with Gasteiger partial charge in [0.25, 0.3) is 0 Å². The van der Waals surface area contributed by atoms with Crippen molar-refractivity contribution in [2.45, 2.75) is 13.3 Å². The molecular formula is C21H20N2O3. The van der Waals surface area contributed by atoms with E-state index in [-0.39, 0.29) is 5.78 Å². The Kier molecular flexibility index (Phi) is 5.08. The van der Waals surface area contributed by atoms with E-state index in [1.807, 2.05) is 6.92 Å². The molecule has 5 nitrogen and oxygen atoms in total. The number of rotatable bonds is 6. The maximum Gasteiger partial charge on any atom is 0.162 e. The zero-order valence-corrected chi connectivity index (χ0v) is 14.4. The summed E-state index contributed by atoms with van der Waals surface area (Å²) in [5, 5.41) is 0. The first-order valence-corrected chi connectivity index (χ1v) is 8.28. The van der Waals surface area contributed by atoms with Gasteiger partial charge in [0.2, 0.25) is 0 Å². The van der Waals surface area contributed by atoms with Crippen molar-refractivity contribution in [2.75, 3.05) is 11.5 Å². The third kappa shape index (κ3) is 4.33. The van der Waals surface area contributed by atoms with Crippen LogP contribution in [-0.2, 0) is 0 Å². The van der Waals surface area contributed by atoms with Crippen LogP contribution in [0.4, 0.5) is 11.4 Å². The molecule has 0 bridgehead atoms. The normalized spacial score (nSPS) is 10.3. The Hall–Kier alpha value is -3.47. The highest BCUT2D eigenvalue weighted by atomic mass is 16.5. The van der Waals surface area contributed by atoms with Gasteiger partial charge in [0.05, 0.1) is 0 Å². The minimum atomic E-state index is 0.00918. The Balaban J connectivity index is 1.91. The Labute approximate surface area is 152 Å². The molecule has 0 saturated heterocycles. The van der Waals surface area contributed by atoms with Crippen LogP contribution in [0, 0.1) is 0 Å². The highest BCUT2D eigenvalue weighted by molar-refractivity contribution is 5.96. The number of carbonyl (C=O) groups excluding carboxylic acids is 1.